The molecule has 2 N–H and O–H groups in total. The zero-order chi connectivity index (χ0) is 14.1. The lowest BCUT2D eigenvalue weighted by Crippen LogP contribution is -1.94. The zero-order valence-electron chi connectivity index (χ0n) is 11.2. The average molecular weight is 265 g/mol. The number of fused-ring (bicyclic) bond motifs is 1. The minimum atomic E-state index is -0.902. The molecule has 3 nitrogen and oxygen atoms in total. The van der Waals surface area contributed by atoms with Crippen LogP contribution >= 0.6 is 0 Å². The van der Waals surface area contributed by atoms with Gasteiger partial charge in [-0.2, -0.15) is 0 Å². The molecule has 1 heterocycles. The number of carbonyl (C=O) groups is 1. The highest BCUT2D eigenvalue weighted by atomic mass is 16.4. The predicted molar refractivity (Wildman–Crippen MR) is 80.1 cm³/mol. The van der Waals surface area contributed by atoms with Crippen LogP contribution in [0.15, 0.2) is 48.5 Å². The van der Waals surface area contributed by atoms with Crippen molar-refractivity contribution in [2.24, 2.45) is 0 Å². The van der Waals surface area contributed by atoms with Crippen molar-refractivity contribution in [3.05, 3.63) is 59.7 Å². The minimum Gasteiger partial charge on any atom is -0.478 e. The van der Waals surface area contributed by atoms with Gasteiger partial charge >= 0.3 is 5.97 Å². The Morgan fingerprint density at radius 1 is 1.10 bits per heavy atom. The molecule has 0 atom stereocenters. The summed E-state index contributed by atoms with van der Waals surface area (Å²) in [5, 5.41) is 10.1. The number of aromatic carboxylic acids is 1. The summed E-state index contributed by atoms with van der Waals surface area (Å²) in [6, 6.07) is 15.4. The summed E-state index contributed by atoms with van der Waals surface area (Å²) >= 11 is 0. The molecule has 3 heteroatoms. The molecule has 3 aromatic rings. The van der Waals surface area contributed by atoms with E-state index in [4.69, 9.17) is 5.11 Å². The Labute approximate surface area is 116 Å². The molecule has 0 unspecified atom stereocenters. The molecule has 20 heavy (non-hydrogen) atoms. The number of aromatic amines is 1. The summed E-state index contributed by atoms with van der Waals surface area (Å²) in [5.41, 5.74) is 4.70. The lowest BCUT2D eigenvalue weighted by Gasteiger charge is -1.98. The number of benzene rings is 2. The van der Waals surface area contributed by atoms with Crippen LogP contribution in [0.2, 0.25) is 0 Å². The third kappa shape index (κ3) is 2.18. The van der Waals surface area contributed by atoms with Crippen molar-refractivity contribution >= 4 is 16.9 Å². The second-order valence-corrected chi connectivity index (χ2v) is 4.84. The number of carboxylic acids is 1. The zero-order valence-corrected chi connectivity index (χ0v) is 11.2. The molecule has 0 aliphatic rings. The van der Waals surface area contributed by atoms with Crippen molar-refractivity contribution in [2.75, 3.05) is 0 Å². The van der Waals surface area contributed by atoms with Gasteiger partial charge in [0.25, 0.3) is 0 Å². The Kier molecular flexibility index (Phi) is 3.03. The number of aryl methyl sites for hydroxylation is 1. The lowest BCUT2D eigenvalue weighted by atomic mass is 10.1. The van der Waals surface area contributed by atoms with Gasteiger partial charge < -0.3 is 10.1 Å². The van der Waals surface area contributed by atoms with E-state index in [1.165, 1.54) is 10.9 Å². The second kappa shape index (κ2) is 4.85. The molecule has 0 saturated carbocycles. The van der Waals surface area contributed by atoms with Crippen molar-refractivity contribution < 1.29 is 9.90 Å². The van der Waals surface area contributed by atoms with Crippen LogP contribution in [-0.2, 0) is 6.42 Å². The number of carboxylic acid groups (broad SMARTS) is 1. The van der Waals surface area contributed by atoms with Crippen LogP contribution in [0.3, 0.4) is 0 Å². The van der Waals surface area contributed by atoms with Gasteiger partial charge in [-0.25, -0.2) is 4.79 Å². The van der Waals surface area contributed by atoms with Gasteiger partial charge in [0.1, 0.15) is 0 Å². The highest BCUT2D eigenvalue weighted by Crippen LogP contribution is 2.25. The average Bonchev–Trinajstić information content (AvgIpc) is 2.90. The van der Waals surface area contributed by atoms with Crippen molar-refractivity contribution in [3.63, 3.8) is 0 Å². The molecule has 2 aromatic carbocycles. The number of nitrogens with one attached hydrogen (secondary N) is 1. The molecule has 0 bridgehead atoms. The first-order chi connectivity index (χ1) is 9.67. The van der Waals surface area contributed by atoms with E-state index in [-0.39, 0.29) is 0 Å². The molecule has 100 valence electrons. The standard InChI is InChI=1S/C17H15NO2/c1-2-11-3-8-15-14(9-11)10-16(18-15)12-4-6-13(7-5-12)17(19)20/h3-10,18H,2H2,1H3,(H,19,20). The summed E-state index contributed by atoms with van der Waals surface area (Å²) in [5.74, 6) is -0.902. The highest BCUT2D eigenvalue weighted by Gasteiger charge is 2.06. The maximum Gasteiger partial charge on any atom is 0.335 e. The Morgan fingerprint density at radius 3 is 2.50 bits per heavy atom. The Hall–Kier alpha value is -2.55. The Morgan fingerprint density at radius 2 is 1.85 bits per heavy atom. The van der Waals surface area contributed by atoms with E-state index in [2.05, 4.69) is 36.2 Å². The van der Waals surface area contributed by atoms with Gasteiger partial charge in [-0.1, -0.05) is 25.1 Å². The van der Waals surface area contributed by atoms with Crippen molar-refractivity contribution in [1.82, 2.24) is 4.98 Å². The minimum absolute atomic E-state index is 0.304. The van der Waals surface area contributed by atoms with E-state index in [1.807, 2.05) is 12.1 Å². The van der Waals surface area contributed by atoms with E-state index in [0.717, 1.165) is 23.2 Å². The van der Waals surface area contributed by atoms with Gasteiger partial charge in [0.05, 0.1) is 5.56 Å². The molecule has 0 spiro atoms. The Balaban J connectivity index is 2.03. The summed E-state index contributed by atoms with van der Waals surface area (Å²) in [6.45, 7) is 2.14. The third-order valence-electron chi connectivity index (χ3n) is 3.54. The van der Waals surface area contributed by atoms with Crippen LogP contribution in [0.25, 0.3) is 22.2 Å². The van der Waals surface area contributed by atoms with Gasteiger partial charge in [-0.05, 0) is 47.9 Å². The third-order valence-corrected chi connectivity index (χ3v) is 3.54. The quantitative estimate of drug-likeness (QED) is 0.749. The van der Waals surface area contributed by atoms with E-state index < -0.39 is 5.97 Å². The first-order valence-electron chi connectivity index (χ1n) is 6.63. The van der Waals surface area contributed by atoms with Crippen molar-refractivity contribution in [1.29, 1.82) is 0 Å². The fourth-order valence-corrected chi connectivity index (χ4v) is 2.35. The number of rotatable bonds is 3. The first kappa shape index (κ1) is 12.5. The summed E-state index contributed by atoms with van der Waals surface area (Å²) in [7, 11) is 0. The fraction of sp³-hybridized carbons (Fsp3) is 0.118. The van der Waals surface area contributed by atoms with Crippen molar-refractivity contribution in [2.45, 2.75) is 13.3 Å². The number of H-pyrrole nitrogens is 1. The van der Waals surface area contributed by atoms with Crippen molar-refractivity contribution in [3.8, 4) is 11.3 Å². The van der Waals surface area contributed by atoms with E-state index >= 15 is 0 Å². The molecule has 0 radical (unpaired) electrons. The van der Waals surface area contributed by atoms with Crippen LogP contribution < -0.4 is 0 Å². The van der Waals surface area contributed by atoms with Crippen LogP contribution in [0.1, 0.15) is 22.8 Å². The number of hydrogen-bond donors (Lipinski definition) is 2. The van der Waals surface area contributed by atoms with Gasteiger partial charge in [0.15, 0.2) is 0 Å². The number of aromatic nitrogens is 1. The lowest BCUT2D eigenvalue weighted by molar-refractivity contribution is 0.0697. The first-order valence-corrected chi connectivity index (χ1v) is 6.63. The van der Waals surface area contributed by atoms with Crippen LogP contribution in [-0.4, -0.2) is 16.1 Å². The van der Waals surface area contributed by atoms with Gasteiger partial charge in [-0.3, -0.25) is 0 Å². The molecule has 3 rings (SSSR count). The topological polar surface area (TPSA) is 53.1 Å². The normalized spacial score (nSPS) is 10.8. The molecule has 0 amide bonds. The maximum absolute atomic E-state index is 10.9. The van der Waals surface area contributed by atoms with E-state index in [1.54, 1.807) is 12.1 Å². The fourth-order valence-electron chi connectivity index (χ4n) is 2.35. The molecule has 0 aliphatic heterocycles. The van der Waals surface area contributed by atoms with Crippen LogP contribution in [0.5, 0.6) is 0 Å². The second-order valence-electron chi connectivity index (χ2n) is 4.84. The molecule has 0 fully saturated rings. The van der Waals surface area contributed by atoms with Gasteiger partial charge in [0.2, 0.25) is 0 Å². The predicted octanol–water partition coefficient (Wildman–Crippen LogP) is 4.10. The Bertz CT molecular complexity index is 769. The van der Waals surface area contributed by atoms with E-state index in [9.17, 15) is 4.79 Å². The summed E-state index contributed by atoms with van der Waals surface area (Å²) in [6.07, 6.45) is 1.02. The van der Waals surface area contributed by atoms with E-state index in [0.29, 0.717) is 5.56 Å². The smallest absolute Gasteiger partial charge is 0.335 e. The largest absolute Gasteiger partial charge is 0.478 e. The van der Waals surface area contributed by atoms with Gasteiger partial charge in [0, 0.05) is 16.6 Å². The monoisotopic (exact) mass is 265 g/mol. The van der Waals surface area contributed by atoms with Gasteiger partial charge in [-0.15, -0.1) is 0 Å². The molecular weight excluding hydrogens is 250 g/mol. The number of hydrogen-bond acceptors (Lipinski definition) is 1. The molecular formula is C17H15NO2. The molecule has 0 aliphatic carbocycles. The highest BCUT2D eigenvalue weighted by molar-refractivity contribution is 5.89. The molecule has 0 saturated heterocycles. The summed E-state index contributed by atoms with van der Waals surface area (Å²) in [4.78, 5) is 14.2. The maximum atomic E-state index is 10.9. The van der Waals surface area contributed by atoms with Crippen LogP contribution in [0.4, 0.5) is 0 Å². The van der Waals surface area contributed by atoms with Crippen LogP contribution in [0, 0.1) is 0 Å². The SMILES string of the molecule is CCc1ccc2[nH]c(-c3ccc(C(=O)O)cc3)cc2c1. The molecule has 1 aromatic heterocycles. The summed E-state index contributed by atoms with van der Waals surface area (Å²) < 4.78 is 0.